The molecule has 6 rings (SSSR count). The summed E-state index contributed by atoms with van der Waals surface area (Å²) in [4.78, 5) is 0. The molecule has 1 unspecified atom stereocenters. The molecule has 0 spiro atoms. The van der Waals surface area contributed by atoms with Gasteiger partial charge in [-0.15, -0.1) is 0 Å². The summed E-state index contributed by atoms with van der Waals surface area (Å²) in [5, 5.41) is 8.94. The van der Waals surface area contributed by atoms with Crippen molar-refractivity contribution in [1.82, 2.24) is 0 Å². The molecule has 1 heterocycles. The standard InChI is InChI=1S/C27H23Si/c1-4-28-23-15-16(2)22-14-17(3)24(26(22)27(23)28)21-11-7-9-19-13-12-18-8-5-6-10-20(18)25(19)21/h5-15,24H,4H2,1-3H3. The molecule has 1 aliphatic heterocycles. The van der Waals surface area contributed by atoms with Crippen LogP contribution in [-0.4, -0.2) is 8.80 Å². The van der Waals surface area contributed by atoms with Gasteiger partial charge < -0.3 is 0 Å². The highest BCUT2D eigenvalue weighted by molar-refractivity contribution is 7.02. The van der Waals surface area contributed by atoms with Crippen LogP contribution in [-0.2, 0) is 0 Å². The maximum absolute atomic E-state index is 2.48. The van der Waals surface area contributed by atoms with E-state index in [0.717, 1.165) is 0 Å². The van der Waals surface area contributed by atoms with Crippen LogP contribution in [0.25, 0.3) is 27.6 Å². The van der Waals surface area contributed by atoms with Crippen molar-refractivity contribution in [1.29, 1.82) is 0 Å². The minimum Gasteiger partial charge on any atom is -0.0673 e. The molecule has 1 atom stereocenters. The Morgan fingerprint density at radius 1 is 0.893 bits per heavy atom. The first-order valence-corrected chi connectivity index (χ1v) is 12.0. The van der Waals surface area contributed by atoms with Gasteiger partial charge in [0.25, 0.3) is 0 Å². The van der Waals surface area contributed by atoms with Crippen molar-refractivity contribution >= 4 is 46.8 Å². The second-order valence-corrected chi connectivity index (χ2v) is 11.0. The van der Waals surface area contributed by atoms with E-state index >= 15 is 0 Å². The Morgan fingerprint density at radius 2 is 1.68 bits per heavy atom. The molecule has 0 fully saturated rings. The number of benzene rings is 4. The Labute approximate surface area is 168 Å². The van der Waals surface area contributed by atoms with E-state index in [0.29, 0.717) is 5.92 Å². The minimum atomic E-state index is -0.417. The summed E-state index contributed by atoms with van der Waals surface area (Å²) in [6.07, 6.45) is 2.47. The fourth-order valence-corrected chi connectivity index (χ4v) is 8.17. The van der Waals surface area contributed by atoms with Crippen molar-refractivity contribution in [2.75, 3.05) is 0 Å². The van der Waals surface area contributed by atoms with E-state index < -0.39 is 8.80 Å². The van der Waals surface area contributed by atoms with Gasteiger partial charge in [0.1, 0.15) is 8.80 Å². The summed E-state index contributed by atoms with van der Waals surface area (Å²) in [6.45, 7) is 7.00. The van der Waals surface area contributed by atoms with E-state index in [1.165, 1.54) is 49.9 Å². The number of hydrogen-bond donors (Lipinski definition) is 0. The predicted molar refractivity (Wildman–Crippen MR) is 124 cm³/mol. The van der Waals surface area contributed by atoms with Crippen molar-refractivity contribution in [3.8, 4) is 0 Å². The molecule has 4 aromatic rings. The SMILES string of the molecule is CC[Si]1c2cc(C)c3c(c21)C(c1cccc2ccc4ccccc4c12)C(C)=C3. The molecule has 0 saturated carbocycles. The summed E-state index contributed by atoms with van der Waals surface area (Å²) in [7, 11) is -0.417. The van der Waals surface area contributed by atoms with Crippen LogP contribution in [0.1, 0.15) is 42.0 Å². The molecule has 28 heavy (non-hydrogen) atoms. The van der Waals surface area contributed by atoms with Gasteiger partial charge in [-0.3, -0.25) is 0 Å². The molecule has 135 valence electrons. The molecule has 0 bridgehead atoms. The summed E-state index contributed by atoms with van der Waals surface area (Å²) in [6, 6.07) is 24.1. The Kier molecular flexibility index (Phi) is 3.31. The first-order valence-electron chi connectivity index (χ1n) is 10.3. The maximum Gasteiger partial charge on any atom is 0.121 e. The van der Waals surface area contributed by atoms with Gasteiger partial charge in [0.05, 0.1) is 0 Å². The van der Waals surface area contributed by atoms with Crippen molar-refractivity contribution < 1.29 is 0 Å². The Morgan fingerprint density at radius 3 is 2.54 bits per heavy atom. The highest BCUT2D eigenvalue weighted by atomic mass is 28.3. The first kappa shape index (κ1) is 16.3. The zero-order chi connectivity index (χ0) is 19.0. The quantitative estimate of drug-likeness (QED) is 0.307. The monoisotopic (exact) mass is 375 g/mol. The van der Waals surface area contributed by atoms with E-state index in [2.05, 4.69) is 87.5 Å². The zero-order valence-corrected chi connectivity index (χ0v) is 17.6. The third-order valence-electron chi connectivity index (χ3n) is 6.76. The fourth-order valence-electron chi connectivity index (χ4n) is 5.48. The van der Waals surface area contributed by atoms with Crippen LogP contribution in [0.5, 0.6) is 0 Å². The summed E-state index contributed by atoms with van der Waals surface area (Å²) in [5.74, 6) is 0.409. The van der Waals surface area contributed by atoms with Crippen LogP contribution < -0.4 is 10.4 Å². The predicted octanol–water partition coefficient (Wildman–Crippen LogP) is 5.79. The van der Waals surface area contributed by atoms with Gasteiger partial charge >= 0.3 is 0 Å². The number of hydrogen-bond acceptors (Lipinski definition) is 0. The lowest BCUT2D eigenvalue weighted by Gasteiger charge is -2.20. The topological polar surface area (TPSA) is 0 Å². The van der Waals surface area contributed by atoms with Gasteiger partial charge in [0.15, 0.2) is 0 Å². The maximum atomic E-state index is 2.48. The Bertz CT molecular complexity index is 1330. The van der Waals surface area contributed by atoms with E-state index in [-0.39, 0.29) is 0 Å². The van der Waals surface area contributed by atoms with Crippen molar-refractivity contribution in [3.63, 3.8) is 0 Å². The molecular weight excluding hydrogens is 352 g/mol. The van der Waals surface area contributed by atoms with Gasteiger partial charge in [0.2, 0.25) is 0 Å². The van der Waals surface area contributed by atoms with Crippen LogP contribution >= 0.6 is 0 Å². The minimum absolute atomic E-state index is 0.409. The average Bonchev–Trinajstić information content (AvgIpc) is 3.30. The molecule has 0 amide bonds. The highest BCUT2D eigenvalue weighted by Gasteiger charge is 2.42. The highest BCUT2D eigenvalue weighted by Crippen LogP contribution is 2.45. The van der Waals surface area contributed by atoms with Gasteiger partial charge in [-0.1, -0.05) is 95.7 Å². The molecule has 1 radical (unpaired) electrons. The van der Waals surface area contributed by atoms with Crippen LogP contribution in [0.15, 0.2) is 66.2 Å². The van der Waals surface area contributed by atoms with Gasteiger partial charge in [-0.25, -0.2) is 0 Å². The van der Waals surface area contributed by atoms with E-state index in [1.54, 1.807) is 15.9 Å². The molecule has 0 nitrogen and oxygen atoms in total. The van der Waals surface area contributed by atoms with Crippen LogP contribution in [0, 0.1) is 6.92 Å². The molecular formula is C27H23Si. The number of aryl methyl sites for hydroxylation is 1. The lowest BCUT2D eigenvalue weighted by molar-refractivity contribution is 0.998. The zero-order valence-electron chi connectivity index (χ0n) is 16.6. The smallest absolute Gasteiger partial charge is 0.0673 e. The van der Waals surface area contributed by atoms with Gasteiger partial charge in [-0.2, -0.15) is 0 Å². The largest absolute Gasteiger partial charge is 0.121 e. The molecule has 4 aromatic carbocycles. The number of rotatable bonds is 2. The molecule has 2 aliphatic rings. The Hall–Kier alpha value is -2.64. The second kappa shape index (κ2) is 5.68. The third-order valence-corrected chi connectivity index (χ3v) is 9.40. The van der Waals surface area contributed by atoms with Gasteiger partial charge in [-0.05, 0) is 57.6 Å². The van der Waals surface area contributed by atoms with E-state index in [1.807, 2.05) is 0 Å². The summed E-state index contributed by atoms with van der Waals surface area (Å²) in [5.41, 5.74) is 7.60. The summed E-state index contributed by atoms with van der Waals surface area (Å²) >= 11 is 0. The lowest BCUT2D eigenvalue weighted by Crippen LogP contribution is -2.12. The summed E-state index contributed by atoms with van der Waals surface area (Å²) < 4.78 is 0. The third kappa shape index (κ3) is 2.06. The van der Waals surface area contributed by atoms with Gasteiger partial charge in [0, 0.05) is 5.92 Å². The lowest BCUT2D eigenvalue weighted by atomic mass is 9.84. The van der Waals surface area contributed by atoms with Crippen LogP contribution in [0.2, 0.25) is 6.04 Å². The number of allylic oxidation sites excluding steroid dienone is 1. The first-order chi connectivity index (χ1) is 13.7. The van der Waals surface area contributed by atoms with Crippen LogP contribution in [0.3, 0.4) is 0 Å². The van der Waals surface area contributed by atoms with Crippen molar-refractivity contribution in [3.05, 3.63) is 88.5 Å². The van der Waals surface area contributed by atoms with E-state index in [4.69, 9.17) is 0 Å². The molecule has 0 saturated heterocycles. The molecule has 0 N–H and O–H groups in total. The van der Waals surface area contributed by atoms with E-state index in [9.17, 15) is 0 Å². The molecule has 1 aliphatic carbocycles. The molecule has 0 aromatic heterocycles. The second-order valence-electron chi connectivity index (χ2n) is 8.33. The average molecular weight is 376 g/mol. The molecule has 1 heteroatoms. The fraction of sp³-hybridized carbons (Fsp3) is 0.185. The van der Waals surface area contributed by atoms with Crippen LogP contribution in [0.4, 0.5) is 0 Å². The van der Waals surface area contributed by atoms with Crippen molar-refractivity contribution in [2.45, 2.75) is 32.7 Å². The van der Waals surface area contributed by atoms with Crippen molar-refractivity contribution in [2.24, 2.45) is 0 Å². The number of fused-ring (bicyclic) bond motifs is 6. The Balaban J connectivity index is 1.69. The normalized spacial score (nSPS) is 17.7.